The van der Waals surface area contributed by atoms with Crippen LogP contribution in [0.25, 0.3) is 0 Å². The van der Waals surface area contributed by atoms with Gasteiger partial charge in [0.15, 0.2) is 0 Å². The van der Waals surface area contributed by atoms with Crippen molar-refractivity contribution in [1.82, 2.24) is 9.79 Å². The molecule has 2 aliphatic rings. The van der Waals surface area contributed by atoms with E-state index in [1.165, 1.54) is 12.1 Å². The summed E-state index contributed by atoms with van der Waals surface area (Å²) >= 11 is 0. The molecule has 1 N–H and O–H groups in total. The molecule has 10 nitrogen and oxygen atoms in total. The summed E-state index contributed by atoms with van der Waals surface area (Å²) in [5, 5.41) is 0.357. The Bertz CT molecular complexity index is 942. The number of nitrogens with zero attached hydrogens (tertiary/aromatic N) is 1. The number of hydrogen-bond donors (Lipinski definition) is 1. The van der Waals surface area contributed by atoms with Crippen LogP contribution >= 0.6 is 0 Å². The van der Waals surface area contributed by atoms with Crippen LogP contribution in [-0.2, 0) is 38.6 Å². The molecule has 1 aromatic carbocycles. The van der Waals surface area contributed by atoms with Gasteiger partial charge in [-0.05, 0) is 45.3 Å². The summed E-state index contributed by atoms with van der Waals surface area (Å²) in [6.45, 7) is 6.92. The van der Waals surface area contributed by atoms with Crippen LogP contribution in [0, 0.1) is 0 Å². The average Bonchev–Trinajstić information content (AvgIpc) is 3.09. The molecule has 2 heterocycles. The predicted octanol–water partition coefficient (Wildman–Crippen LogP) is -0.129. The number of nitrogens with one attached hydrogen (secondary N) is 1. The topological polar surface area (TPSA) is 128 Å². The van der Waals surface area contributed by atoms with E-state index in [0.29, 0.717) is 10.5 Å². The van der Waals surface area contributed by atoms with Gasteiger partial charge in [-0.2, -0.15) is 4.72 Å². The fourth-order valence-corrected chi connectivity index (χ4v) is 3.78. The molecule has 0 aliphatic carbocycles. The Morgan fingerprint density at radius 3 is 2.07 bits per heavy atom. The summed E-state index contributed by atoms with van der Waals surface area (Å²) in [5.41, 5.74) is -0.400. The first-order valence-corrected chi connectivity index (χ1v) is 10.8. The third kappa shape index (κ3) is 4.41. The maximum absolute atomic E-state index is 12.4. The maximum atomic E-state index is 12.4. The van der Waals surface area contributed by atoms with Gasteiger partial charge in [0.2, 0.25) is 10.0 Å². The van der Waals surface area contributed by atoms with Crippen LogP contribution in [-0.4, -0.2) is 56.1 Å². The second kappa shape index (κ2) is 7.76. The van der Waals surface area contributed by atoms with Crippen molar-refractivity contribution in [3.63, 3.8) is 0 Å². The molecule has 0 atom stereocenters. The molecule has 0 spiro atoms. The van der Waals surface area contributed by atoms with Gasteiger partial charge in [0, 0.05) is 12.8 Å². The first-order valence-electron chi connectivity index (χ1n) is 9.34. The highest BCUT2D eigenvalue weighted by atomic mass is 32.2. The number of hydroxylamine groups is 2. The molecular formula is C18H23BN2O8S. The van der Waals surface area contributed by atoms with Gasteiger partial charge in [-0.1, -0.05) is 12.1 Å². The number of amides is 2. The lowest BCUT2D eigenvalue weighted by Crippen LogP contribution is -2.41. The molecule has 2 amide bonds. The van der Waals surface area contributed by atoms with E-state index in [1.807, 2.05) is 27.7 Å². The molecule has 2 aliphatic heterocycles. The molecule has 0 unspecified atom stereocenters. The molecule has 2 fully saturated rings. The smallest absolute Gasteiger partial charge is 0.399 e. The molecule has 0 aromatic heterocycles. The minimum atomic E-state index is -4.02. The lowest BCUT2D eigenvalue weighted by Gasteiger charge is -2.32. The van der Waals surface area contributed by atoms with E-state index in [1.54, 1.807) is 12.1 Å². The van der Waals surface area contributed by atoms with Crippen LogP contribution in [0.5, 0.6) is 0 Å². The minimum Gasteiger partial charge on any atom is -0.399 e. The van der Waals surface area contributed by atoms with E-state index >= 15 is 0 Å². The number of benzene rings is 1. The van der Waals surface area contributed by atoms with Crippen LogP contribution in [0.3, 0.4) is 0 Å². The van der Waals surface area contributed by atoms with Crippen molar-refractivity contribution in [2.24, 2.45) is 0 Å². The van der Waals surface area contributed by atoms with E-state index < -0.39 is 52.7 Å². The third-order valence-corrected chi connectivity index (χ3v) is 6.74. The highest BCUT2D eigenvalue weighted by Crippen LogP contribution is 2.36. The Hall–Kier alpha value is -2.28. The highest BCUT2D eigenvalue weighted by molar-refractivity contribution is 7.89. The molecule has 12 heteroatoms. The Morgan fingerprint density at radius 2 is 1.57 bits per heavy atom. The summed E-state index contributed by atoms with van der Waals surface area (Å²) in [6.07, 6.45) is -0.0973. The average molecular weight is 438 g/mol. The highest BCUT2D eigenvalue weighted by Gasteiger charge is 2.51. The number of imide groups is 1. The molecule has 30 heavy (non-hydrogen) atoms. The van der Waals surface area contributed by atoms with E-state index in [4.69, 9.17) is 9.31 Å². The quantitative estimate of drug-likeness (QED) is 0.481. The van der Waals surface area contributed by atoms with Crippen molar-refractivity contribution in [2.45, 2.75) is 56.6 Å². The van der Waals surface area contributed by atoms with Gasteiger partial charge in [-0.15, -0.1) is 5.06 Å². The minimum absolute atomic E-state index is 0.0486. The number of carbonyl (C=O) groups is 3. The molecule has 2 saturated heterocycles. The second-order valence-corrected chi connectivity index (χ2v) is 9.79. The number of rotatable bonds is 6. The lowest BCUT2D eigenvalue weighted by molar-refractivity contribution is -0.196. The van der Waals surface area contributed by atoms with Crippen LogP contribution in [0.15, 0.2) is 29.2 Å². The van der Waals surface area contributed by atoms with Crippen LogP contribution in [0.2, 0.25) is 0 Å². The van der Waals surface area contributed by atoms with Crippen molar-refractivity contribution in [1.29, 1.82) is 0 Å². The van der Waals surface area contributed by atoms with Gasteiger partial charge in [0.05, 0.1) is 16.1 Å². The zero-order chi connectivity index (χ0) is 22.3. The zero-order valence-corrected chi connectivity index (χ0v) is 17.9. The van der Waals surface area contributed by atoms with Crippen LogP contribution in [0.1, 0.15) is 40.5 Å². The Kier molecular flexibility index (Phi) is 5.80. The fraction of sp³-hybridized carbons (Fsp3) is 0.500. The summed E-state index contributed by atoms with van der Waals surface area (Å²) in [7, 11) is -4.66. The third-order valence-electron chi connectivity index (χ3n) is 5.32. The van der Waals surface area contributed by atoms with Crippen LogP contribution < -0.4 is 10.2 Å². The monoisotopic (exact) mass is 438 g/mol. The largest absolute Gasteiger partial charge is 0.494 e. The number of sulfonamides is 1. The van der Waals surface area contributed by atoms with Crippen molar-refractivity contribution >= 4 is 40.4 Å². The van der Waals surface area contributed by atoms with Crippen molar-refractivity contribution in [3.8, 4) is 0 Å². The summed E-state index contributed by atoms with van der Waals surface area (Å²) < 4.78 is 38.8. The summed E-state index contributed by atoms with van der Waals surface area (Å²) in [4.78, 5) is 39.2. The van der Waals surface area contributed by atoms with Gasteiger partial charge < -0.3 is 14.1 Å². The van der Waals surface area contributed by atoms with Crippen molar-refractivity contribution in [3.05, 3.63) is 24.3 Å². The van der Waals surface area contributed by atoms with Gasteiger partial charge in [-0.3, -0.25) is 9.59 Å². The van der Waals surface area contributed by atoms with E-state index in [9.17, 15) is 22.8 Å². The van der Waals surface area contributed by atoms with E-state index in [2.05, 4.69) is 9.56 Å². The van der Waals surface area contributed by atoms with Gasteiger partial charge in [-0.25, -0.2) is 13.2 Å². The normalized spacial score (nSPS) is 20.7. The molecule has 162 valence electrons. The standard InChI is InChI=1S/C18H23BN2O8S/c1-17(2)18(3,4)29-19(28-17)12-5-7-13(8-6-12)30(25,26)20-11-16(24)27-21-14(22)9-10-15(21)23/h5-8,20H,9-11H2,1-4H3. The van der Waals surface area contributed by atoms with E-state index in [0.717, 1.165) is 0 Å². The van der Waals surface area contributed by atoms with Gasteiger partial charge in [0.25, 0.3) is 11.8 Å². The van der Waals surface area contributed by atoms with Gasteiger partial charge in [0.1, 0.15) is 6.54 Å². The summed E-state index contributed by atoms with van der Waals surface area (Å²) in [6, 6.07) is 5.86. The Balaban J connectivity index is 1.61. The number of carbonyl (C=O) groups excluding carboxylic acids is 3. The first kappa shape index (κ1) is 22.4. The molecule has 1 aromatic rings. The van der Waals surface area contributed by atoms with Gasteiger partial charge >= 0.3 is 13.1 Å². The Morgan fingerprint density at radius 1 is 1.07 bits per heavy atom. The molecule has 3 rings (SSSR count). The SMILES string of the molecule is CC1(C)OB(c2ccc(S(=O)(=O)NCC(=O)ON3C(=O)CCC3=O)cc2)OC1(C)C. The first-order chi connectivity index (χ1) is 13.8. The second-order valence-electron chi connectivity index (χ2n) is 8.03. The van der Waals surface area contributed by atoms with Crippen molar-refractivity contribution < 1.29 is 36.9 Å². The van der Waals surface area contributed by atoms with Crippen LogP contribution in [0.4, 0.5) is 0 Å². The van der Waals surface area contributed by atoms with E-state index in [-0.39, 0.29) is 17.7 Å². The zero-order valence-electron chi connectivity index (χ0n) is 17.1. The molecule has 0 bridgehead atoms. The summed E-state index contributed by atoms with van der Waals surface area (Å²) in [5.74, 6) is -2.36. The molecule has 0 saturated carbocycles. The lowest BCUT2D eigenvalue weighted by atomic mass is 9.79. The predicted molar refractivity (Wildman–Crippen MR) is 105 cm³/mol. The fourth-order valence-electron chi connectivity index (χ4n) is 2.81. The molecule has 0 radical (unpaired) electrons. The Labute approximate surface area is 175 Å². The van der Waals surface area contributed by atoms with Crippen molar-refractivity contribution in [2.75, 3.05) is 6.54 Å². The maximum Gasteiger partial charge on any atom is 0.494 e. The molecular weight excluding hydrogens is 415 g/mol. The number of hydrogen-bond acceptors (Lipinski definition) is 8.